The van der Waals surface area contributed by atoms with E-state index in [0.29, 0.717) is 0 Å². The van der Waals surface area contributed by atoms with E-state index in [0.717, 1.165) is 0 Å². The summed E-state index contributed by atoms with van der Waals surface area (Å²) in [6, 6.07) is 0. The molecule has 0 aliphatic rings. The van der Waals surface area contributed by atoms with Crippen LogP contribution in [0.2, 0.25) is 0 Å². The summed E-state index contributed by atoms with van der Waals surface area (Å²) in [5.74, 6) is 0. The third-order valence-electron chi connectivity index (χ3n) is 0.390. The van der Waals surface area contributed by atoms with Gasteiger partial charge in [0.2, 0.25) is 0 Å². The van der Waals surface area contributed by atoms with Crippen LogP contribution in [-0.2, 0) is 26.2 Å². The molecular weight excluding hydrogens is 467 g/mol. The standard InChI is InChI=1S/C5H7.Bi.3ClH.Zr/c1-3-5-4-2;;;;;/h1,3-5H,2H3;;3*1H;/q-1;;;;;. The molecule has 0 aromatic heterocycles. The molecule has 0 bridgehead atoms. The Kier molecular flexibility index (Phi) is 89.9. The first kappa shape index (κ1) is 29.6. The van der Waals surface area contributed by atoms with Gasteiger partial charge in [0, 0.05) is 26.2 Å². The molecule has 0 amide bonds. The van der Waals surface area contributed by atoms with Gasteiger partial charge in [0.05, 0.1) is 0 Å². The average molecular weight is 477 g/mol. The molecule has 0 rings (SSSR count). The van der Waals surface area contributed by atoms with Crippen LogP contribution in [0.3, 0.4) is 0 Å². The third-order valence-corrected chi connectivity index (χ3v) is 1.06. The van der Waals surface area contributed by atoms with Gasteiger partial charge in [-0.1, -0.05) is 0 Å². The van der Waals surface area contributed by atoms with Crippen molar-refractivity contribution in [2.75, 3.05) is 0 Å². The molecule has 0 aliphatic carbocycles. The number of halogens is 3. The Hall–Kier alpha value is 2.12. The van der Waals surface area contributed by atoms with E-state index >= 15 is 0 Å². The van der Waals surface area contributed by atoms with Crippen molar-refractivity contribution >= 4 is 65.2 Å². The van der Waals surface area contributed by atoms with E-state index in [1.807, 2.05) is 25.5 Å². The summed E-state index contributed by atoms with van der Waals surface area (Å²) in [6.45, 7) is 2.01. The first-order chi connectivity index (χ1) is 2.91. The van der Waals surface area contributed by atoms with E-state index < -0.39 is 0 Å². The summed E-state index contributed by atoms with van der Waals surface area (Å²) in [6.07, 6.45) is 6.09. The maximum Gasteiger partial charge on any atom is 0 e. The van der Waals surface area contributed by atoms with Gasteiger partial charge in [0.15, 0.2) is 0 Å². The average Bonchev–Trinajstić information content (AvgIpc) is 1.61. The second-order valence-corrected chi connectivity index (χ2v) is 2.03. The van der Waals surface area contributed by atoms with Crippen LogP contribution < -0.4 is 0 Å². The van der Waals surface area contributed by atoms with Gasteiger partial charge in [0.25, 0.3) is 0 Å². The number of allylic oxidation sites excluding steroid dienone is 2. The predicted octanol–water partition coefficient (Wildman–Crippen LogP) is 2.00. The summed E-state index contributed by atoms with van der Waals surface area (Å²) in [7, 11) is 0. The molecule has 0 aromatic rings. The minimum absolute atomic E-state index is 0. The largest absolute Gasteiger partial charge is 0.147 e. The Balaban J connectivity index is -0.0000000208. The molecular formula is C5H10BiCl3Zr-. The third kappa shape index (κ3) is 32.1. The van der Waals surface area contributed by atoms with Crippen LogP contribution in [0.4, 0.5) is 0 Å². The maximum absolute atomic E-state index is 2.11. The molecule has 1 radical (unpaired) electrons. The van der Waals surface area contributed by atoms with Crippen molar-refractivity contribution in [3.05, 3.63) is 18.6 Å². The van der Waals surface area contributed by atoms with Crippen molar-refractivity contribution in [2.24, 2.45) is 0 Å². The minimum Gasteiger partial charge on any atom is -0.147 e. The van der Waals surface area contributed by atoms with Crippen LogP contribution in [0.1, 0.15) is 6.92 Å². The van der Waals surface area contributed by atoms with E-state index in [2.05, 4.69) is 3.71 Å². The summed E-state index contributed by atoms with van der Waals surface area (Å²) in [4.78, 5) is 0. The quantitative estimate of drug-likeness (QED) is 0.423. The van der Waals surface area contributed by atoms with E-state index in [-0.39, 0.29) is 63.4 Å². The Morgan fingerprint density at radius 2 is 1.60 bits per heavy atom. The van der Waals surface area contributed by atoms with Gasteiger partial charge >= 0.3 is 53.4 Å². The molecule has 0 nitrogen and oxygen atoms in total. The molecule has 0 spiro atoms. The van der Waals surface area contributed by atoms with Gasteiger partial charge in [-0.15, -0.1) is 37.2 Å². The molecule has 0 N–H and O–H groups in total. The van der Waals surface area contributed by atoms with Crippen molar-refractivity contribution in [2.45, 2.75) is 6.92 Å². The van der Waals surface area contributed by atoms with Crippen molar-refractivity contribution in [1.82, 2.24) is 0 Å². The fourth-order valence-corrected chi connectivity index (χ4v) is 0.547. The van der Waals surface area contributed by atoms with Gasteiger partial charge in [-0.2, -0.15) is 0 Å². The molecule has 0 atom stereocenters. The maximum atomic E-state index is 2.11. The summed E-state index contributed by atoms with van der Waals surface area (Å²) in [5, 5.41) is 0. The SMILES string of the molecule is C[CH-]C=C[CH]=[Bi].Cl.Cl.Cl.[Zr]. The van der Waals surface area contributed by atoms with Crippen LogP contribution in [-0.4, -0.2) is 27.9 Å². The first-order valence-electron chi connectivity index (χ1n) is 1.84. The molecule has 10 heavy (non-hydrogen) atoms. The van der Waals surface area contributed by atoms with E-state index in [1.165, 1.54) is 24.2 Å². The Morgan fingerprint density at radius 1 is 1.20 bits per heavy atom. The molecule has 5 heteroatoms. The van der Waals surface area contributed by atoms with E-state index in [4.69, 9.17) is 0 Å². The van der Waals surface area contributed by atoms with Gasteiger partial charge < -0.3 is 0 Å². The molecule has 0 aliphatic heterocycles. The van der Waals surface area contributed by atoms with Gasteiger partial charge in [0.1, 0.15) is 0 Å². The summed E-state index contributed by atoms with van der Waals surface area (Å²) >= 11 is 1.34. The first-order valence-corrected chi connectivity index (χ1v) is 3.84. The fraction of sp³-hybridized carbons (Fsp3) is 0.200. The Morgan fingerprint density at radius 3 is 1.70 bits per heavy atom. The topological polar surface area (TPSA) is 0 Å². The van der Waals surface area contributed by atoms with Crippen LogP contribution in [0.5, 0.6) is 0 Å². The Bertz CT molecular complexity index is 67.9. The molecule has 61 valence electrons. The Labute approximate surface area is 115 Å². The molecule has 0 saturated carbocycles. The van der Waals surface area contributed by atoms with Crippen LogP contribution in [0.25, 0.3) is 0 Å². The monoisotopic (exact) mass is 474 g/mol. The van der Waals surface area contributed by atoms with Gasteiger partial charge in [-0.3, -0.25) is 0 Å². The minimum atomic E-state index is 0. The normalized spacial score (nSPS) is 5.30. The zero-order chi connectivity index (χ0) is 4.83. The van der Waals surface area contributed by atoms with E-state index in [9.17, 15) is 0 Å². The predicted molar refractivity (Wildman–Crippen MR) is 52.7 cm³/mol. The molecule has 0 saturated heterocycles. The zero-order valence-electron chi connectivity index (χ0n) is 5.48. The number of rotatable bonds is 2. The smallest absolute Gasteiger partial charge is 0 e. The fourth-order valence-electron chi connectivity index (χ4n) is 0.161. The second kappa shape index (κ2) is 30.4. The van der Waals surface area contributed by atoms with Crippen molar-refractivity contribution in [3.8, 4) is 0 Å². The summed E-state index contributed by atoms with van der Waals surface area (Å²) in [5.41, 5.74) is 0. The van der Waals surface area contributed by atoms with E-state index in [1.54, 1.807) is 0 Å². The second-order valence-electron chi connectivity index (χ2n) is 0.867. The van der Waals surface area contributed by atoms with Gasteiger partial charge in [-0.05, 0) is 0 Å². The van der Waals surface area contributed by atoms with Crippen LogP contribution >= 0.6 is 37.2 Å². The number of hydrogen-bond donors (Lipinski definition) is 0. The molecule has 0 fully saturated rings. The van der Waals surface area contributed by atoms with Crippen molar-refractivity contribution in [3.63, 3.8) is 0 Å². The van der Waals surface area contributed by atoms with Crippen molar-refractivity contribution < 1.29 is 26.2 Å². The summed E-state index contributed by atoms with van der Waals surface area (Å²) < 4.78 is 2.11. The van der Waals surface area contributed by atoms with Crippen LogP contribution in [0.15, 0.2) is 12.2 Å². The molecule has 0 aromatic carbocycles. The van der Waals surface area contributed by atoms with Crippen molar-refractivity contribution in [1.29, 1.82) is 0 Å². The van der Waals surface area contributed by atoms with Gasteiger partial charge in [-0.25, -0.2) is 0 Å². The van der Waals surface area contributed by atoms with Crippen LogP contribution in [0, 0.1) is 6.42 Å². The zero-order valence-corrected chi connectivity index (χ0v) is 13.9. The number of hydrogen-bond acceptors (Lipinski definition) is 0. The molecule has 0 heterocycles. The molecule has 0 unspecified atom stereocenters.